The molecule has 0 saturated carbocycles. The van der Waals surface area contributed by atoms with Crippen LogP contribution in [0.25, 0.3) is 0 Å². The van der Waals surface area contributed by atoms with E-state index in [1.54, 1.807) is 5.48 Å². The lowest BCUT2D eigenvalue weighted by molar-refractivity contribution is -0.129. The molecule has 4 nitrogen and oxygen atoms in total. The van der Waals surface area contributed by atoms with Gasteiger partial charge in [0.2, 0.25) is 5.91 Å². The highest BCUT2D eigenvalue weighted by Gasteiger charge is 1.98. The highest BCUT2D eigenvalue weighted by molar-refractivity contribution is 5.74. The summed E-state index contributed by atoms with van der Waals surface area (Å²) in [6, 6.07) is 0. The first-order chi connectivity index (χ1) is 10.8. The Hall–Kier alpha value is -0.900. The molecule has 0 spiro atoms. The molecule has 1 radical (unpaired) electrons. The van der Waals surface area contributed by atoms with Crippen LogP contribution in [0.15, 0.2) is 0 Å². The van der Waals surface area contributed by atoms with Crippen molar-refractivity contribution in [1.29, 1.82) is 0 Å². The van der Waals surface area contributed by atoms with Gasteiger partial charge in [0.1, 0.15) is 0 Å². The summed E-state index contributed by atoms with van der Waals surface area (Å²) in [5, 5.41) is 8.35. The molecule has 0 aromatic carbocycles. The van der Waals surface area contributed by atoms with Crippen LogP contribution < -0.4 is 5.48 Å². The third-order valence-electron chi connectivity index (χ3n) is 4.06. The molecule has 0 bridgehead atoms. The van der Waals surface area contributed by atoms with Crippen LogP contribution in [0.4, 0.5) is 0 Å². The van der Waals surface area contributed by atoms with E-state index in [1.807, 2.05) is 6.29 Å². The second kappa shape index (κ2) is 18.1. The van der Waals surface area contributed by atoms with E-state index in [0.717, 1.165) is 19.3 Å². The van der Waals surface area contributed by atoms with Gasteiger partial charge in [-0.1, -0.05) is 77.0 Å². The molecule has 0 aliphatic rings. The van der Waals surface area contributed by atoms with Crippen molar-refractivity contribution >= 4 is 12.2 Å². The first-order valence-corrected chi connectivity index (χ1v) is 9.09. The molecule has 2 N–H and O–H groups in total. The average Bonchev–Trinajstić information content (AvgIpc) is 2.54. The molecule has 0 rings (SSSR count). The van der Waals surface area contributed by atoms with Gasteiger partial charge in [0.15, 0.2) is 6.29 Å². The number of hydrogen-bond acceptors (Lipinski definition) is 3. The molecule has 0 aromatic heterocycles. The van der Waals surface area contributed by atoms with Crippen LogP contribution in [0, 0.1) is 0 Å². The number of hydrogen-bond donors (Lipinski definition) is 2. The lowest BCUT2D eigenvalue weighted by Crippen LogP contribution is -2.17. The summed E-state index contributed by atoms with van der Waals surface area (Å²) in [6.45, 7) is 0. The number of rotatable bonds is 17. The first kappa shape index (κ1) is 21.1. The molecule has 0 aromatic rings. The van der Waals surface area contributed by atoms with E-state index < -0.39 is 0 Å². The van der Waals surface area contributed by atoms with Crippen molar-refractivity contribution in [3.63, 3.8) is 0 Å². The Balaban J connectivity index is 2.99. The zero-order chi connectivity index (χ0) is 16.3. The summed E-state index contributed by atoms with van der Waals surface area (Å²) in [5.74, 6) is -0.276. The van der Waals surface area contributed by atoms with Crippen LogP contribution >= 0.6 is 0 Å². The predicted octanol–water partition coefficient (Wildman–Crippen LogP) is 4.84. The first-order valence-electron chi connectivity index (χ1n) is 9.09. The van der Waals surface area contributed by atoms with Gasteiger partial charge in [-0.25, -0.2) is 5.48 Å². The minimum Gasteiger partial charge on any atom is -0.291 e. The average molecular weight is 312 g/mol. The molecule has 22 heavy (non-hydrogen) atoms. The molecule has 4 heteroatoms. The van der Waals surface area contributed by atoms with E-state index in [9.17, 15) is 9.59 Å². The van der Waals surface area contributed by atoms with E-state index in [-0.39, 0.29) is 5.91 Å². The standard InChI is InChI=1S/C18H34NO3/c20-17-15-13-11-9-7-5-3-1-2-4-6-8-10-12-14-16-18(21)19-22/h22H,1-16H2,(H,19,21). The minimum absolute atomic E-state index is 0.276. The molecular formula is C18H34NO3. The molecule has 0 saturated heterocycles. The lowest BCUT2D eigenvalue weighted by atomic mass is 10.0. The van der Waals surface area contributed by atoms with Gasteiger partial charge in [0.25, 0.3) is 0 Å². The molecule has 0 fully saturated rings. The number of nitrogens with one attached hydrogen (secondary N) is 1. The molecule has 0 heterocycles. The Labute approximate surface area is 136 Å². The van der Waals surface area contributed by atoms with Crippen LogP contribution in [-0.4, -0.2) is 17.4 Å². The number of amides is 1. The van der Waals surface area contributed by atoms with Crippen molar-refractivity contribution in [2.24, 2.45) is 0 Å². The van der Waals surface area contributed by atoms with Gasteiger partial charge in [-0.2, -0.15) is 0 Å². The Kier molecular flexibility index (Phi) is 17.4. The minimum atomic E-state index is -0.276. The topological polar surface area (TPSA) is 66.4 Å². The van der Waals surface area contributed by atoms with Crippen LogP contribution in [0.5, 0.6) is 0 Å². The number of carbonyl (C=O) groups excluding carboxylic acids is 2. The molecule has 0 atom stereocenters. The maximum absolute atomic E-state index is 10.8. The van der Waals surface area contributed by atoms with Crippen molar-refractivity contribution in [3.05, 3.63) is 0 Å². The van der Waals surface area contributed by atoms with Gasteiger partial charge in [0.05, 0.1) is 0 Å². The summed E-state index contributed by atoms with van der Waals surface area (Å²) in [4.78, 5) is 20.8. The number of carbonyl (C=O) groups is 1. The van der Waals surface area contributed by atoms with Crippen LogP contribution in [-0.2, 0) is 9.59 Å². The van der Waals surface area contributed by atoms with E-state index in [1.165, 1.54) is 70.6 Å². The van der Waals surface area contributed by atoms with Crippen molar-refractivity contribution in [2.45, 2.75) is 103 Å². The molecule has 0 unspecified atom stereocenters. The fourth-order valence-corrected chi connectivity index (χ4v) is 2.66. The van der Waals surface area contributed by atoms with Gasteiger partial charge in [-0.3, -0.25) is 14.8 Å². The van der Waals surface area contributed by atoms with Crippen LogP contribution in [0.2, 0.25) is 0 Å². The highest BCUT2D eigenvalue weighted by Crippen LogP contribution is 2.13. The number of unbranched alkanes of at least 4 members (excludes halogenated alkanes) is 14. The van der Waals surface area contributed by atoms with Crippen LogP contribution in [0.3, 0.4) is 0 Å². The van der Waals surface area contributed by atoms with E-state index in [0.29, 0.717) is 12.8 Å². The van der Waals surface area contributed by atoms with Crippen molar-refractivity contribution in [2.75, 3.05) is 0 Å². The zero-order valence-electron chi connectivity index (χ0n) is 14.1. The Morgan fingerprint density at radius 1 is 0.682 bits per heavy atom. The largest absolute Gasteiger partial charge is 0.291 e. The highest BCUT2D eigenvalue weighted by atomic mass is 16.5. The Bertz CT molecular complexity index is 257. The summed E-state index contributed by atoms with van der Waals surface area (Å²) in [7, 11) is 0. The number of hydroxylamine groups is 1. The van der Waals surface area contributed by atoms with Crippen molar-refractivity contribution < 1.29 is 14.8 Å². The molecular weight excluding hydrogens is 278 g/mol. The summed E-state index contributed by atoms with van der Waals surface area (Å²) >= 11 is 0. The normalized spacial score (nSPS) is 10.6. The van der Waals surface area contributed by atoms with Gasteiger partial charge >= 0.3 is 0 Å². The molecule has 129 valence electrons. The fourth-order valence-electron chi connectivity index (χ4n) is 2.66. The predicted molar refractivity (Wildman–Crippen MR) is 89.5 cm³/mol. The quantitative estimate of drug-likeness (QED) is 0.229. The second-order valence-corrected chi connectivity index (χ2v) is 6.13. The fraction of sp³-hybridized carbons (Fsp3) is 0.889. The lowest BCUT2D eigenvalue weighted by Gasteiger charge is -2.03. The Morgan fingerprint density at radius 2 is 1.05 bits per heavy atom. The van der Waals surface area contributed by atoms with Gasteiger partial charge in [-0.05, 0) is 12.8 Å². The van der Waals surface area contributed by atoms with Crippen LogP contribution in [0.1, 0.15) is 103 Å². The third kappa shape index (κ3) is 17.2. The van der Waals surface area contributed by atoms with Gasteiger partial charge in [0, 0.05) is 12.8 Å². The van der Waals surface area contributed by atoms with E-state index in [2.05, 4.69) is 0 Å². The van der Waals surface area contributed by atoms with Gasteiger partial charge < -0.3 is 0 Å². The van der Waals surface area contributed by atoms with E-state index >= 15 is 0 Å². The Morgan fingerprint density at radius 3 is 1.41 bits per heavy atom. The van der Waals surface area contributed by atoms with Gasteiger partial charge in [-0.15, -0.1) is 0 Å². The van der Waals surface area contributed by atoms with Crippen molar-refractivity contribution in [3.8, 4) is 0 Å². The molecule has 0 aliphatic heterocycles. The smallest absolute Gasteiger partial charge is 0.243 e. The third-order valence-corrected chi connectivity index (χ3v) is 4.06. The molecule has 1 amide bonds. The summed E-state index contributed by atoms with van der Waals surface area (Å²) < 4.78 is 0. The van der Waals surface area contributed by atoms with E-state index in [4.69, 9.17) is 5.21 Å². The van der Waals surface area contributed by atoms with Crippen molar-refractivity contribution in [1.82, 2.24) is 5.48 Å². The monoisotopic (exact) mass is 312 g/mol. The maximum atomic E-state index is 10.8. The SMILES string of the molecule is O=[C]CCCCCCCCCCCCCCCCC(=O)NO. The zero-order valence-corrected chi connectivity index (χ0v) is 14.1. The summed E-state index contributed by atoms with van der Waals surface area (Å²) in [6.07, 6.45) is 20.1. The molecule has 0 aliphatic carbocycles. The second-order valence-electron chi connectivity index (χ2n) is 6.13. The summed E-state index contributed by atoms with van der Waals surface area (Å²) in [5.41, 5.74) is 1.66. The maximum Gasteiger partial charge on any atom is 0.243 e.